The lowest BCUT2D eigenvalue weighted by molar-refractivity contribution is -0.274. The van der Waals surface area contributed by atoms with Crippen LogP contribution in [0.1, 0.15) is 41.5 Å². The Morgan fingerprint density at radius 2 is 1.77 bits per heavy atom. The number of carbonyl (C=O) groups is 1. The van der Waals surface area contributed by atoms with Crippen molar-refractivity contribution in [2.45, 2.75) is 50.7 Å². The Hall–Kier alpha value is -3.39. The molecule has 1 saturated heterocycles. The lowest BCUT2D eigenvalue weighted by atomic mass is 9.89. The highest BCUT2D eigenvalue weighted by Gasteiger charge is 2.47. The Morgan fingerprint density at radius 1 is 1.07 bits per heavy atom. The Labute approximate surface area is 226 Å². The van der Waals surface area contributed by atoms with E-state index in [4.69, 9.17) is 0 Å². The summed E-state index contributed by atoms with van der Waals surface area (Å²) in [5.41, 5.74) is 0.608. The van der Waals surface area contributed by atoms with Crippen LogP contribution in [0.2, 0.25) is 0 Å². The van der Waals surface area contributed by atoms with Gasteiger partial charge in [0, 0.05) is 30.5 Å². The smallest absolute Gasteiger partial charge is 0.406 e. The molecule has 2 aliphatic rings. The first-order valence-electron chi connectivity index (χ1n) is 12.2. The maximum Gasteiger partial charge on any atom is 0.573 e. The molecule has 0 atom stereocenters. The van der Waals surface area contributed by atoms with Gasteiger partial charge in [-0.2, -0.15) is 17.5 Å². The molecule has 7 nitrogen and oxygen atoms in total. The van der Waals surface area contributed by atoms with Crippen molar-refractivity contribution in [3.05, 3.63) is 70.1 Å². The average Bonchev–Trinajstić information content (AvgIpc) is 3.16. The van der Waals surface area contributed by atoms with E-state index < -0.39 is 46.2 Å². The Morgan fingerprint density at radius 3 is 2.40 bits per heavy atom. The number of amides is 1. The molecule has 2 aromatic rings. The lowest BCUT2D eigenvalue weighted by Crippen LogP contribution is -2.50. The predicted molar refractivity (Wildman–Crippen MR) is 135 cm³/mol. The fourth-order valence-corrected chi connectivity index (χ4v) is 5.74. The van der Waals surface area contributed by atoms with E-state index in [2.05, 4.69) is 15.0 Å². The van der Waals surface area contributed by atoms with Gasteiger partial charge in [0.1, 0.15) is 17.1 Å². The second-order valence-electron chi connectivity index (χ2n) is 9.57. The first kappa shape index (κ1) is 29.6. The number of carbonyl (C=O) groups excluding carboxylic acids is 1. The van der Waals surface area contributed by atoms with Crippen molar-refractivity contribution in [1.29, 1.82) is 0 Å². The number of amidine groups is 1. The molecule has 0 saturated carbocycles. The number of nitrogens with zero attached hydrogens (tertiary/aromatic N) is 2. The number of hydrogen-bond donors (Lipinski definition) is 1. The highest BCUT2D eigenvalue weighted by molar-refractivity contribution is 7.92. The van der Waals surface area contributed by atoms with Gasteiger partial charge in [-0.25, -0.2) is 8.42 Å². The largest absolute Gasteiger partial charge is 0.573 e. The van der Waals surface area contributed by atoms with Gasteiger partial charge in [0.05, 0.1) is 0 Å². The summed E-state index contributed by atoms with van der Waals surface area (Å²) >= 11 is 0. The van der Waals surface area contributed by atoms with Crippen molar-refractivity contribution in [3.63, 3.8) is 0 Å². The predicted octanol–water partition coefficient (Wildman–Crippen LogP) is 5.10. The van der Waals surface area contributed by atoms with Gasteiger partial charge in [-0.3, -0.25) is 9.79 Å². The van der Waals surface area contributed by atoms with Crippen LogP contribution >= 0.6 is 0 Å². The zero-order chi connectivity index (χ0) is 29.3. The molecule has 2 heterocycles. The van der Waals surface area contributed by atoms with E-state index in [9.17, 15) is 39.6 Å². The third-order valence-electron chi connectivity index (χ3n) is 6.68. The van der Waals surface area contributed by atoms with Crippen molar-refractivity contribution in [2.24, 2.45) is 4.99 Å². The van der Waals surface area contributed by atoms with Gasteiger partial charge in [-0.1, -0.05) is 30.3 Å². The van der Waals surface area contributed by atoms with Gasteiger partial charge in [0.2, 0.25) is 10.0 Å². The van der Waals surface area contributed by atoms with Gasteiger partial charge in [0.25, 0.3) is 5.91 Å². The van der Waals surface area contributed by atoms with Crippen LogP contribution in [0.15, 0.2) is 52.9 Å². The number of hydrogen-bond acceptors (Lipinski definition) is 5. The zero-order valence-corrected chi connectivity index (χ0v) is 22.0. The fourth-order valence-electron chi connectivity index (χ4n) is 4.56. The number of benzene rings is 2. The first-order chi connectivity index (χ1) is 18.6. The van der Waals surface area contributed by atoms with Crippen molar-refractivity contribution < 1.29 is 44.3 Å². The van der Waals surface area contributed by atoms with Crippen LogP contribution in [0.25, 0.3) is 6.08 Å². The van der Waals surface area contributed by atoms with E-state index in [1.165, 1.54) is 28.6 Å². The first-order valence-corrected chi connectivity index (χ1v) is 13.7. The lowest BCUT2D eigenvalue weighted by Gasteiger charge is -2.34. The molecular weight excluding hydrogens is 564 g/mol. The molecule has 0 unspecified atom stereocenters. The van der Waals surface area contributed by atoms with Gasteiger partial charge >= 0.3 is 12.5 Å². The van der Waals surface area contributed by atoms with E-state index in [-0.39, 0.29) is 43.8 Å². The number of alkyl halides is 6. The average molecular weight is 590 g/mol. The number of piperidine rings is 1. The SMILES string of the molecule is Cc1cc(CCC(F)(F)F)ccc1/C=C/S(=O)(=O)N1CCC2(CC1)N=C(c1cccc(OC(F)(F)F)c1)NC2=O. The summed E-state index contributed by atoms with van der Waals surface area (Å²) < 4.78 is 106. The molecule has 1 amide bonds. The minimum absolute atomic E-state index is 0.0243. The van der Waals surface area contributed by atoms with E-state index in [1.807, 2.05) is 0 Å². The molecule has 2 aromatic carbocycles. The number of halogens is 6. The van der Waals surface area contributed by atoms with Crippen LogP contribution in [0.3, 0.4) is 0 Å². The van der Waals surface area contributed by atoms with Crippen molar-refractivity contribution in [2.75, 3.05) is 13.1 Å². The number of sulfonamides is 1. The third-order valence-corrected chi connectivity index (χ3v) is 8.25. The Balaban J connectivity index is 1.42. The van der Waals surface area contributed by atoms with E-state index in [0.29, 0.717) is 16.7 Å². The summed E-state index contributed by atoms with van der Waals surface area (Å²) in [4.78, 5) is 17.2. The molecule has 1 fully saturated rings. The van der Waals surface area contributed by atoms with Crippen LogP contribution in [0.4, 0.5) is 26.3 Å². The molecule has 14 heteroatoms. The molecule has 0 aromatic heterocycles. The number of rotatable bonds is 7. The monoisotopic (exact) mass is 589 g/mol. The van der Waals surface area contributed by atoms with Crippen LogP contribution in [-0.2, 0) is 21.2 Å². The van der Waals surface area contributed by atoms with Crippen molar-refractivity contribution >= 4 is 27.8 Å². The summed E-state index contributed by atoms with van der Waals surface area (Å²) in [6, 6.07) is 9.68. The molecular formula is C26H25F6N3O4S. The number of aryl methyl sites for hydroxylation is 2. The molecule has 4 rings (SSSR count). The number of aliphatic imine (C=N–C) groups is 1. The fraction of sp³-hybridized carbons (Fsp3) is 0.385. The maximum absolute atomic E-state index is 12.9. The molecule has 0 bridgehead atoms. The molecule has 0 radical (unpaired) electrons. The van der Waals surface area contributed by atoms with Gasteiger partial charge in [0.15, 0.2) is 0 Å². The minimum atomic E-state index is -4.88. The Bertz CT molecular complexity index is 1440. The quantitative estimate of drug-likeness (QED) is 0.456. The third kappa shape index (κ3) is 7.22. The second kappa shape index (κ2) is 10.9. The number of nitrogens with one attached hydrogen (secondary N) is 1. The maximum atomic E-state index is 12.9. The molecule has 216 valence electrons. The van der Waals surface area contributed by atoms with Gasteiger partial charge < -0.3 is 10.1 Å². The highest BCUT2D eigenvalue weighted by Crippen LogP contribution is 2.33. The normalized spacial score (nSPS) is 18.3. The molecule has 1 N–H and O–H groups in total. The Kier molecular flexibility index (Phi) is 8.05. The zero-order valence-electron chi connectivity index (χ0n) is 21.1. The molecule has 0 aliphatic carbocycles. The van der Waals surface area contributed by atoms with Crippen molar-refractivity contribution in [3.8, 4) is 5.75 Å². The van der Waals surface area contributed by atoms with Crippen LogP contribution in [0.5, 0.6) is 5.75 Å². The highest BCUT2D eigenvalue weighted by atomic mass is 32.2. The topological polar surface area (TPSA) is 88.1 Å². The summed E-state index contributed by atoms with van der Waals surface area (Å²) in [5.74, 6) is -0.872. The summed E-state index contributed by atoms with van der Waals surface area (Å²) in [6.45, 7) is 1.63. The summed E-state index contributed by atoms with van der Waals surface area (Å²) in [6.07, 6.45) is -8.79. The van der Waals surface area contributed by atoms with Crippen LogP contribution < -0.4 is 10.1 Å². The van der Waals surface area contributed by atoms with E-state index in [1.54, 1.807) is 19.1 Å². The molecule has 1 spiro atoms. The van der Waals surface area contributed by atoms with Crippen LogP contribution in [0, 0.1) is 6.92 Å². The van der Waals surface area contributed by atoms with E-state index in [0.717, 1.165) is 17.5 Å². The van der Waals surface area contributed by atoms with E-state index >= 15 is 0 Å². The van der Waals surface area contributed by atoms with Crippen molar-refractivity contribution in [1.82, 2.24) is 9.62 Å². The second-order valence-corrected chi connectivity index (χ2v) is 11.4. The summed E-state index contributed by atoms with van der Waals surface area (Å²) in [5, 5.41) is 3.59. The number of ether oxygens (including phenoxy) is 1. The molecule has 2 aliphatic heterocycles. The minimum Gasteiger partial charge on any atom is -0.406 e. The van der Waals surface area contributed by atoms with Gasteiger partial charge in [-0.05, 0) is 61.1 Å². The van der Waals surface area contributed by atoms with Crippen LogP contribution in [-0.4, -0.2) is 55.6 Å². The summed E-state index contributed by atoms with van der Waals surface area (Å²) in [7, 11) is -3.89. The standard InChI is InChI=1S/C26H25F6N3O4S/c1-17-15-18(7-9-25(27,28)29)5-6-19(17)8-14-40(37,38)35-12-10-24(11-13-35)23(36)33-22(34-24)20-3-2-4-21(16-20)39-26(30,31)32/h2-6,8,14-16H,7,9-13H2,1H3,(H,33,34,36)/b14-8+. The molecule has 40 heavy (non-hydrogen) atoms. The van der Waals surface area contributed by atoms with Gasteiger partial charge in [-0.15, -0.1) is 13.2 Å².